The highest BCUT2D eigenvalue weighted by Gasteiger charge is 2.43. The van der Waals surface area contributed by atoms with Crippen molar-refractivity contribution in [3.63, 3.8) is 0 Å². The SMILES string of the molecule is CCC(O)(c1cccc(F)c1)C1CC1. The van der Waals surface area contributed by atoms with Crippen LogP contribution in [0.2, 0.25) is 0 Å². The second-order valence-electron chi connectivity index (χ2n) is 4.06. The van der Waals surface area contributed by atoms with Gasteiger partial charge in [-0.05, 0) is 42.9 Å². The number of rotatable bonds is 3. The van der Waals surface area contributed by atoms with E-state index in [9.17, 15) is 9.50 Å². The van der Waals surface area contributed by atoms with Gasteiger partial charge in [0.25, 0.3) is 0 Å². The molecule has 1 aromatic carbocycles. The largest absolute Gasteiger partial charge is 0.385 e. The van der Waals surface area contributed by atoms with Gasteiger partial charge in [0.1, 0.15) is 5.82 Å². The van der Waals surface area contributed by atoms with Crippen LogP contribution in [0.15, 0.2) is 24.3 Å². The third-order valence-corrected chi connectivity index (χ3v) is 3.12. The van der Waals surface area contributed by atoms with Crippen LogP contribution in [0.3, 0.4) is 0 Å². The highest BCUT2D eigenvalue weighted by Crippen LogP contribution is 2.47. The monoisotopic (exact) mass is 194 g/mol. The van der Waals surface area contributed by atoms with E-state index in [1.807, 2.05) is 13.0 Å². The predicted octanol–water partition coefficient (Wildman–Crippen LogP) is 2.83. The second-order valence-corrected chi connectivity index (χ2v) is 4.06. The zero-order chi connectivity index (χ0) is 10.2. The maximum absolute atomic E-state index is 13.0. The van der Waals surface area contributed by atoms with E-state index in [2.05, 4.69) is 0 Å². The second kappa shape index (κ2) is 3.35. The fourth-order valence-electron chi connectivity index (χ4n) is 2.05. The summed E-state index contributed by atoms with van der Waals surface area (Å²) < 4.78 is 13.0. The van der Waals surface area contributed by atoms with Gasteiger partial charge in [-0.1, -0.05) is 19.1 Å². The molecule has 1 atom stereocenters. The minimum absolute atomic E-state index is 0.268. The van der Waals surface area contributed by atoms with Gasteiger partial charge < -0.3 is 5.11 Å². The summed E-state index contributed by atoms with van der Waals surface area (Å²) in [5.74, 6) is 0.0596. The predicted molar refractivity (Wildman–Crippen MR) is 53.3 cm³/mol. The Labute approximate surface area is 83.6 Å². The molecule has 1 unspecified atom stereocenters. The molecule has 0 saturated heterocycles. The number of hydrogen-bond donors (Lipinski definition) is 1. The van der Waals surface area contributed by atoms with E-state index < -0.39 is 5.60 Å². The van der Waals surface area contributed by atoms with Gasteiger partial charge in [0.15, 0.2) is 0 Å². The van der Waals surface area contributed by atoms with Gasteiger partial charge in [0.05, 0.1) is 5.60 Å². The highest BCUT2D eigenvalue weighted by atomic mass is 19.1. The van der Waals surface area contributed by atoms with E-state index in [0.29, 0.717) is 12.3 Å². The van der Waals surface area contributed by atoms with Crippen LogP contribution >= 0.6 is 0 Å². The van der Waals surface area contributed by atoms with E-state index in [1.165, 1.54) is 12.1 Å². The van der Waals surface area contributed by atoms with Gasteiger partial charge in [-0.15, -0.1) is 0 Å². The Bertz CT molecular complexity index is 333. The van der Waals surface area contributed by atoms with Crippen molar-refractivity contribution in [1.82, 2.24) is 0 Å². The van der Waals surface area contributed by atoms with Crippen molar-refractivity contribution in [3.05, 3.63) is 35.6 Å². The molecule has 76 valence electrons. The molecule has 0 spiro atoms. The molecule has 1 saturated carbocycles. The molecule has 0 aliphatic heterocycles. The average Bonchev–Trinajstić information content (AvgIpc) is 3.00. The quantitative estimate of drug-likeness (QED) is 0.784. The van der Waals surface area contributed by atoms with Crippen molar-refractivity contribution in [3.8, 4) is 0 Å². The molecule has 1 aromatic rings. The van der Waals surface area contributed by atoms with E-state index >= 15 is 0 Å². The molecule has 1 aliphatic carbocycles. The molecule has 1 fully saturated rings. The first-order valence-electron chi connectivity index (χ1n) is 5.15. The first-order chi connectivity index (χ1) is 6.66. The van der Waals surface area contributed by atoms with Gasteiger partial charge in [-0.3, -0.25) is 0 Å². The molecule has 1 N–H and O–H groups in total. The Kier molecular flexibility index (Phi) is 2.31. The van der Waals surface area contributed by atoms with Gasteiger partial charge in [-0.2, -0.15) is 0 Å². The summed E-state index contributed by atoms with van der Waals surface area (Å²) in [4.78, 5) is 0. The van der Waals surface area contributed by atoms with Crippen molar-refractivity contribution in [2.75, 3.05) is 0 Å². The van der Waals surface area contributed by atoms with Crippen LogP contribution in [0.1, 0.15) is 31.7 Å². The smallest absolute Gasteiger partial charge is 0.123 e. The average molecular weight is 194 g/mol. The van der Waals surface area contributed by atoms with Gasteiger partial charge in [0.2, 0.25) is 0 Å². The molecule has 0 amide bonds. The van der Waals surface area contributed by atoms with Crippen molar-refractivity contribution >= 4 is 0 Å². The molecule has 0 radical (unpaired) electrons. The van der Waals surface area contributed by atoms with E-state index in [4.69, 9.17) is 0 Å². The number of halogens is 1. The first kappa shape index (κ1) is 9.66. The van der Waals surface area contributed by atoms with E-state index in [-0.39, 0.29) is 5.82 Å². The summed E-state index contributed by atoms with van der Waals surface area (Å²) in [5, 5.41) is 10.4. The molecular weight excluding hydrogens is 179 g/mol. The number of benzene rings is 1. The fraction of sp³-hybridized carbons (Fsp3) is 0.500. The summed E-state index contributed by atoms with van der Waals surface area (Å²) in [5.41, 5.74) is -0.0789. The third kappa shape index (κ3) is 1.55. The maximum atomic E-state index is 13.0. The Hall–Kier alpha value is -0.890. The van der Waals surface area contributed by atoms with Crippen LogP contribution in [-0.2, 0) is 5.60 Å². The Morgan fingerprint density at radius 3 is 2.71 bits per heavy atom. The molecule has 0 bridgehead atoms. The highest BCUT2D eigenvalue weighted by molar-refractivity contribution is 5.25. The summed E-state index contributed by atoms with van der Waals surface area (Å²) in [6.07, 6.45) is 2.77. The minimum Gasteiger partial charge on any atom is -0.385 e. The van der Waals surface area contributed by atoms with Crippen molar-refractivity contribution < 1.29 is 9.50 Å². The molecule has 1 nitrogen and oxygen atoms in total. The Morgan fingerprint density at radius 2 is 2.21 bits per heavy atom. The third-order valence-electron chi connectivity index (χ3n) is 3.12. The lowest BCUT2D eigenvalue weighted by atomic mass is 9.86. The lowest BCUT2D eigenvalue weighted by Crippen LogP contribution is -2.27. The van der Waals surface area contributed by atoms with Crippen molar-refractivity contribution in [2.24, 2.45) is 5.92 Å². The lowest BCUT2D eigenvalue weighted by Gasteiger charge is -2.27. The van der Waals surface area contributed by atoms with Crippen LogP contribution in [-0.4, -0.2) is 5.11 Å². The van der Waals surface area contributed by atoms with Crippen LogP contribution < -0.4 is 0 Å². The molecule has 2 rings (SSSR count). The van der Waals surface area contributed by atoms with Gasteiger partial charge in [-0.25, -0.2) is 4.39 Å². The zero-order valence-corrected chi connectivity index (χ0v) is 8.33. The van der Waals surface area contributed by atoms with Crippen molar-refractivity contribution in [2.45, 2.75) is 31.8 Å². The minimum atomic E-state index is -0.803. The normalized spacial score (nSPS) is 20.5. The molecule has 0 heterocycles. The molecule has 0 aromatic heterocycles. The van der Waals surface area contributed by atoms with E-state index in [0.717, 1.165) is 18.4 Å². The molecule has 1 aliphatic rings. The van der Waals surface area contributed by atoms with Crippen LogP contribution in [0.4, 0.5) is 4.39 Å². The molecule has 2 heteroatoms. The van der Waals surface area contributed by atoms with Crippen molar-refractivity contribution in [1.29, 1.82) is 0 Å². The summed E-state index contributed by atoms with van der Waals surface area (Å²) >= 11 is 0. The molecular formula is C12H15FO. The van der Waals surface area contributed by atoms with Crippen LogP contribution in [0.25, 0.3) is 0 Å². The Balaban J connectivity index is 2.35. The van der Waals surface area contributed by atoms with E-state index in [1.54, 1.807) is 6.07 Å². The van der Waals surface area contributed by atoms with Crippen LogP contribution in [0.5, 0.6) is 0 Å². The fourth-order valence-corrected chi connectivity index (χ4v) is 2.05. The zero-order valence-electron chi connectivity index (χ0n) is 8.33. The summed E-state index contributed by atoms with van der Waals surface area (Å²) in [6.45, 7) is 1.95. The number of aliphatic hydroxyl groups is 1. The summed E-state index contributed by atoms with van der Waals surface area (Å²) in [7, 11) is 0. The molecule has 14 heavy (non-hydrogen) atoms. The lowest BCUT2D eigenvalue weighted by molar-refractivity contribution is 0.00863. The maximum Gasteiger partial charge on any atom is 0.123 e. The first-order valence-corrected chi connectivity index (χ1v) is 5.15. The number of hydrogen-bond acceptors (Lipinski definition) is 1. The van der Waals surface area contributed by atoms with Crippen LogP contribution in [0, 0.1) is 11.7 Å². The van der Waals surface area contributed by atoms with Gasteiger partial charge in [0, 0.05) is 0 Å². The summed E-state index contributed by atoms with van der Waals surface area (Å²) in [6, 6.07) is 6.33. The Morgan fingerprint density at radius 1 is 1.50 bits per heavy atom. The van der Waals surface area contributed by atoms with Gasteiger partial charge >= 0.3 is 0 Å². The topological polar surface area (TPSA) is 20.2 Å². The standard InChI is InChI=1S/C12H15FO/c1-2-12(14,9-6-7-9)10-4-3-5-11(13)8-10/h3-5,8-9,14H,2,6-7H2,1H3.